The Morgan fingerprint density at radius 1 is 0.909 bits per heavy atom. The van der Waals surface area contributed by atoms with Crippen molar-refractivity contribution in [1.29, 1.82) is 0 Å². The second kappa shape index (κ2) is 4.52. The highest BCUT2D eigenvalue weighted by molar-refractivity contribution is 5.07. The van der Waals surface area contributed by atoms with E-state index in [1.54, 1.807) is 32.1 Å². The van der Waals surface area contributed by atoms with Gasteiger partial charge in [0.25, 0.3) is 0 Å². The molecule has 1 heteroatoms. The van der Waals surface area contributed by atoms with Crippen molar-refractivity contribution in [2.45, 2.75) is 65.7 Å². The van der Waals surface area contributed by atoms with Gasteiger partial charge in [-0.3, -0.25) is 0 Å². The third-order valence-electron chi connectivity index (χ3n) is 9.56. The number of hydrogen-bond donors (Lipinski definition) is 0. The second-order valence-electron chi connectivity index (χ2n) is 10.8. The number of likely N-dealkylation sites (tertiary alicyclic amines) is 1. The van der Waals surface area contributed by atoms with E-state index in [4.69, 9.17) is 0 Å². The van der Waals surface area contributed by atoms with E-state index >= 15 is 0 Å². The minimum atomic E-state index is 0.577. The highest BCUT2D eigenvalue weighted by atomic mass is 15.2. The van der Waals surface area contributed by atoms with Gasteiger partial charge in [-0.1, -0.05) is 20.8 Å². The summed E-state index contributed by atoms with van der Waals surface area (Å²) in [5.41, 5.74) is 1.16. The molecule has 5 aliphatic carbocycles. The van der Waals surface area contributed by atoms with Crippen LogP contribution in [0.25, 0.3) is 0 Å². The highest BCUT2D eigenvalue weighted by Crippen LogP contribution is 2.60. The molecule has 124 valence electrons. The molecule has 1 saturated heterocycles. The van der Waals surface area contributed by atoms with Crippen molar-refractivity contribution < 1.29 is 0 Å². The summed E-state index contributed by atoms with van der Waals surface area (Å²) in [6.07, 6.45) is 10.9. The summed E-state index contributed by atoms with van der Waals surface area (Å²) in [5.74, 6) is 6.51. The number of rotatable bonds is 2. The van der Waals surface area contributed by atoms with Crippen molar-refractivity contribution >= 4 is 0 Å². The largest absolute Gasteiger partial charge is 0.302 e. The summed E-state index contributed by atoms with van der Waals surface area (Å²) in [6, 6.07) is 0. The molecule has 22 heavy (non-hydrogen) atoms. The molecule has 0 amide bonds. The van der Waals surface area contributed by atoms with Crippen LogP contribution in [0, 0.1) is 46.3 Å². The molecule has 6 fully saturated rings. The van der Waals surface area contributed by atoms with E-state index in [-0.39, 0.29) is 0 Å². The molecule has 0 N–H and O–H groups in total. The lowest BCUT2D eigenvalue weighted by Gasteiger charge is -2.57. The van der Waals surface area contributed by atoms with E-state index in [2.05, 4.69) is 25.7 Å². The van der Waals surface area contributed by atoms with E-state index in [1.807, 2.05) is 0 Å². The number of fused-ring (bicyclic) bond motifs is 2. The van der Waals surface area contributed by atoms with Crippen molar-refractivity contribution in [2.24, 2.45) is 46.3 Å². The van der Waals surface area contributed by atoms with Crippen LogP contribution in [-0.4, -0.2) is 24.5 Å². The average molecular weight is 302 g/mol. The van der Waals surface area contributed by atoms with Crippen LogP contribution in [0.2, 0.25) is 0 Å². The predicted molar refractivity (Wildman–Crippen MR) is 91.6 cm³/mol. The van der Waals surface area contributed by atoms with E-state index in [0.717, 1.165) is 35.5 Å². The van der Waals surface area contributed by atoms with Gasteiger partial charge >= 0.3 is 0 Å². The lowest BCUT2D eigenvalue weighted by molar-refractivity contribution is -0.0750. The van der Waals surface area contributed by atoms with Crippen molar-refractivity contribution in [1.82, 2.24) is 4.90 Å². The van der Waals surface area contributed by atoms with Crippen molar-refractivity contribution in [2.75, 3.05) is 19.6 Å². The Hall–Kier alpha value is -0.0400. The molecule has 1 heterocycles. The quantitative estimate of drug-likeness (QED) is 0.707. The Morgan fingerprint density at radius 2 is 1.55 bits per heavy atom. The van der Waals surface area contributed by atoms with Crippen LogP contribution in [0.15, 0.2) is 0 Å². The molecule has 0 aromatic carbocycles. The maximum Gasteiger partial charge on any atom is 0.00408 e. The number of nitrogens with zero attached hydrogens (tertiary/aromatic N) is 1. The molecular weight excluding hydrogens is 266 g/mol. The van der Waals surface area contributed by atoms with E-state index < -0.39 is 0 Å². The minimum absolute atomic E-state index is 0.577. The smallest absolute Gasteiger partial charge is 0.00408 e. The summed E-state index contributed by atoms with van der Waals surface area (Å²) in [7, 11) is 0. The zero-order chi connectivity index (χ0) is 15.1. The summed E-state index contributed by atoms with van der Waals surface area (Å²) in [5, 5.41) is 0. The van der Waals surface area contributed by atoms with Crippen LogP contribution in [0.3, 0.4) is 0 Å². The van der Waals surface area contributed by atoms with Gasteiger partial charge in [-0.05, 0) is 91.3 Å². The van der Waals surface area contributed by atoms with Gasteiger partial charge in [-0.2, -0.15) is 0 Å². The molecule has 0 aromatic rings. The zero-order valence-electron chi connectivity index (χ0n) is 15.0. The Labute approximate surface area is 137 Å². The molecule has 6 rings (SSSR count). The Kier molecular flexibility index (Phi) is 2.94. The first-order valence-corrected chi connectivity index (χ1v) is 10.2. The van der Waals surface area contributed by atoms with Crippen molar-refractivity contribution in [3.63, 3.8) is 0 Å². The summed E-state index contributed by atoms with van der Waals surface area (Å²) >= 11 is 0. The lowest BCUT2D eigenvalue weighted by Crippen LogP contribution is -2.55. The monoisotopic (exact) mass is 301 g/mol. The maximum absolute atomic E-state index is 2.93. The van der Waals surface area contributed by atoms with Crippen LogP contribution < -0.4 is 0 Å². The van der Waals surface area contributed by atoms with Crippen LogP contribution in [0.1, 0.15) is 65.7 Å². The topological polar surface area (TPSA) is 3.24 Å². The summed E-state index contributed by atoms with van der Waals surface area (Å²) in [6.45, 7) is 12.0. The van der Waals surface area contributed by atoms with Crippen LogP contribution in [0.4, 0.5) is 0 Å². The fourth-order valence-corrected chi connectivity index (χ4v) is 7.91. The molecule has 5 saturated carbocycles. The third-order valence-corrected chi connectivity index (χ3v) is 9.56. The van der Waals surface area contributed by atoms with Crippen LogP contribution in [-0.2, 0) is 0 Å². The molecule has 2 atom stereocenters. The predicted octanol–water partition coefficient (Wildman–Crippen LogP) is 4.82. The highest BCUT2D eigenvalue weighted by Gasteiger charge is 2.56. The van der Waals surface area contributed by atoms with Crippen LogP contribution in [0.5, 0.6) is 0 Å². The van der Waals surface area contributed by atoms with Gasteiger partial charge in [0.15, 0.2) is 0 Å². The molecule has 1 unspecified atom stereocenters. The van der Waals surface area contributed by atoms with Gasteiger partial charge in [-0.15, -0.1) is 0 Å². The standard InChI is InChI=1S/C21H35N/c1-20(2)18-4-5-21(20,3)13-22(11-18)12-19-16-7-14-6-15(9-16)10-17(19)8-14/h14-19H,4-13H2,1-3H3/t14?,15?,16?,17?,18?,19?,21-/m0/s1. The first-order valence-electron chi connectivity index (χ1n) is 10.2. The Bertz CT molecular complexity index is 439. The second-order valence-corrected chi connectivity index (χ2v) is 10.8. The normalized spacial score (nSPS) is 55.8. The summed E-state index contributed by atoms with van der Waals surface area (Å²) in [4.78, 5) is 2.93. The van der Waals surface area contributed by atoms with Crippen molar-refractivity contribution in [3.8, 4) is 0 Å². The Morgan fingerprint density at radius 3 is 2.14 bits per heavy atom. The van der Waals surface area contributed by atoms with Gasteiger partial charge in [0.1, 0.15) is 0 Å². The fourth-order valence-electron chi connectivity index (χ4n) is 7.91. The van der Waals surface area contributed by atoms with E-state index in [1.165, 1.54) is 32.5 Å². The lowest BCUT2D eigenvalue weighted by atomic mass is 9.51. The SMILES string of the molecule is CC1(C)C2CC[C@@]1(C)CN(CC1C3CC4CC(C3)CC1C4)C2. The first kappa shape index (κ1) is 14.3. The van der Waals surface area contributed by atoms with Gasteiger partial charge in [0, 0.05) is 19.6 Å². The zero-order valence-corrected chi connectivity index (χ0v) is 15.0. The molecule has 0 spiro atoms. The molecule has 6 bridgehead atoms. The molecule has 1 aliphatic heterocycles. The summed E-state index contributed by atoms with van der Waals surface area (Å²) < 4.78 is 0. The van der Waals surface area contributed by atoms with Gasteiger partial charge in [-0.25, -0.2) is 0 Å². The van der Waals surface area contributed by atoms with E-state index in [0.29, 0.717) is 10.8 Å². The van der Waals surface area contributed by atoms with Crippen LogP contribution >= 0.6 is 0 Å². The van der Waals surface area contributed by atoms with Gasteiger partial charge in [0.2, 0.25) is 0 Å². The molecule has 0 aromatic heterocycles. The molecular formula is C21H35N. The average Bonchev–Trinajstić information content (AvgIpc) is 2.60. The third kappa shape index (κ3) is 1.87. The molecule has 0 radical (unpaired) electrons. The van der Waals surface area contributed by atoms with Gasteiger partial charge < -0.3 is 4.90 Å². The van der Waals surface area contributed by atoms with Crippen molar-refractivity contribution in [3.05, 3.63) is 0 Å². The maximum atomic E-state index is 2.93. The Balaban J connectivity index is 1.32. The first-order chi connectivity index (χ1) is 10.4. The minimum Gasteiger partial charge on any atom is -0.302 e. The van der Waals surface area contributed by atoms with Gasteiger partial charge in [0.05, 0.1) is 0 Å². The molecule has 1 nitrogen and oxygen atoms in total. The fraction of sp³-hybridized carbons (Fsp3) is 1.00. The number of piperidine rings is 1. The number of hydrogen-bond acceptors (Lipinski definition) is 1. The van der Waals surface area contributed by atoms with E-state index in [9.17, 15) is 0 Å². The molecule has 6 aliphatic rings.